The molecule has 0 heterocycles. The van der Waals surface area contributed by atoms with Crippen LogP contribution in [0.4, 0.5) is 0 Å². The van der Waals surface area contributed by atoms with Gasteiger partial charge in [0.1, 0.15) is 0 Å². The summed E-state index contributed by atoms with van der Waals surface area (Å²) in [4.78, 5) is 11.3. The molecule has 0 bridgehead atoms. The molecule has 0 spiro atoms. The van der Waals surface area contributed by atoms with E-state index in [1.165, 1.54) is 12.8 Å². The smallest absolute Gasteiger partial charge is 0.312 e. The number of hydrogen-bond acceptors (Lipinski definition) is 2. The van der Waals surface area contributed by atoms with Gasteiger partial charge in [0, 0.05) is 0 Å². The van der Waals surface area contributed by atoms with Crippen LogP contribution in [-0.4, -0.2) is 21.8 Å². The van der Waals surface area contributed by atoms with Crippen molar-refractivity contribution in [1.29, 1.82) is 0 Å². The van der Waals surface area contributed by atoms with Gasteiger partial charge in [-0.3, -0.25) is 4.79 Å². The van der Waals surface area contributed by atoms with E-state index in [0.717, 1.165) is 19.3 Å². The van der Waals surface area contributed by atoms with Crippen LogP contribution >= 0.6 is 0 Å². The minimum absolute atomic E-state index is 0.618. The Morgan fingerprint density at radius 3 is 2.53 bits per heavy atom. The molecule has 1 saturated carbocycles. The first-order chi connectivity index (χ1) is 7.83. The Balaban J connectivity index is 2.75. The van der Waals surface area contributed by atoms with Crippen LogP contribution in [0, 0.1) is 11.3 Å². The summed E-state index contributed by atoms with van der Waals surface area (Å²) < 4.78 is 0. The van der Waals surface area contributed by atoms with Gasteiger partial charge < -0.3 is 10.2 Å². The summed E-state index contributed by atoms with van der Waals surface area (Å²) in [6.07, 6.45) is 6.64. The third-order valence-electron chi connectivity index (χ3n) is 4.56. The van der Waals surface area contributed by atoms with Gasteiger partial charge >= 0.3 is 5.97 Å². The van der Waals surface area contributed by atoms with Crippen molar-refractivity contribution in [2.45, 2.75) is 71.3 Å². The summed E-state index contributed by atoms with van der Waals surface area (Å²) in [5.41, 5.74) is -2.09. The number of carbonyl (C=O) groups is 1. The Kier molecular flexibility index (Phi) is 4.59. The highest BCUT2D eigenvalue weighted by atomic mass is 16.4. The predicted octanol–water partition coefficient (Wildman–Crippen LogP) is 3.21. The van der Waals surface area contributed by atoms with Crippen molar-refractivity contribution in [2.75, 3.05) is 0 Å². The first-order valence-electron chi connectivity index (χ1n) is 6.79. The second-order valence-corrected chi connectivity index (χ2v) is 6.05. The number of carboxylic acids is 1. The summed E-state index contributed by atoms with van der Waals surface area (Å²) in [5.74, 6) is -0.229. The lowest BCUT2D eigenvalue weighted by molar-refractivity contribution is -0.166. The van der Waals surface area contributed by atoms with Crippen molar-refractivity contribution < 1.29 is 15.0 Å². The van der Waals surface area contributed by atoms with Gasteiger partial charge in [-0.2, -0.15) is 0 Å². The van der Waals surface area contributed by atoms with Gasteiger partial charge in [0.15, 0.2) is 0 Å². The van der Waals surface area contributed by atoms with E-state index in [0.29, 0.717) is 18.8 Å². The van der Waals surface area contributed by atoms with Gasteiger partial charge in [0.2, 0.25) is 0 Å². The quantitative estimate of drug-likeness (QED) is 0.744. The molecule has 3 heteroatoms. The summed E-state index contributed by atoms with van der Waals surface area (Å²) in [5, 5.41) is 19.9. The van der Waals surface area contributed by atoms with E-state index in [1.54, 1.807) is 13.8 Å². The maximum absolute atomic E-state index is 11.3. The van der Waals surface area contributed by atoms with Crippen molar-refractivity contribution in [3.63, 3.8) is 0 Å². The van der Waals surface area contributed by atoms with Crippen molar-refractivity contribution >= 4 is 5.97 Å². The highest BCUT2D eigenvalue weighted by Gasteiger charge is 2.49. The zero-order valence-electron chi connectivity index (χ0n) is 11.3. The lowest BCUT2D eigenvalue weighted by atomic mass is 9.70. The second-order valence-electron chi connectivity index (χ2n) is 6.05. The van der Waals surface area contributed by atoms with Crippen molar-refractivity contribution in [3.8, 4) is 0 Å². The Morgan fingerprint density at radius 1 is 1.35 bits per heavy atom. The molecule has 1 rings (SSSR count). The fraction of sp³-hybridized carbons (Fsp3) is 0.929. The highest BCUT2D eigenvalue weighted by Crippen LogP contribution is 2.43. The minimum Gasteiger partial charge on any atom is -0.481 e. The monoisotopic (exact) mass is 242 g/mol. The summed E-state index contributed by atoms with van der Waals surface area (Å²) >= 11 is 0. The van der Waals surface area contributed by atoms with Crippen molar-refractivity contribution in [2.24, 2.45) is 11.3 Å². The average molecular weight is 242 g/mol. The molecule has 1 aliphatic carbocycles. The summed E-state index contributed by atoms with van der Waals surface area (Å²) in [6.45, 7) is 5.48. The minimum atomic E-state index is -1.05. The van der Waals surface area contributed by atoms with Crippen molar-refractivity contribution in [3.05, 3.63) is 0 Å². The summed E-state index contributed by atoms with van der Waals surface area (Å²) in [6, 6.07) is 0. The topological polar surface area (TPSA) is 57.5 Å². The van der Waals surface area contributed by atoms with Crippen LogP contribution in [0.2, 0.25) is 0 Å². The zero-order valence-corrected chi connectivity index (χ0v) is 11.3. The molecule has 0 aromatic carbocycles. The lowest BCUT2D eigenvalue weighted by Crippen LogP contribution is -2.49. The van der Waals surface area contributed by atoms with Crippen LogP contribution in [0.15, 0.2) is 0 Å². The van der Waals surface area contributed by atoms with E-state index >= 15 is 0 Å². The van der Waals surface area contributed by atoms with E-state index in [-0.39, 0.29) is 0 Å². The van der Waals surface area contributed by atoms with E-state index < -0.39 is 17.0 Å². The van der Waals surface area contributed by atoms with E-state index in [4.69, 9.17) is 0 Å². The molecule has 0 radical (unpaired) electrons. The third kappa shape index (κ3) is 3.01. The van der Waals surface area contributed by atoms with Gasteiger partial charge in [-0.05, 0) is 39.0 Å². The number of carboxylic acid groups (broad SMARTS) is 1. The first-order valence-corrected chi connectivity index (χ1v) is 6.79. The maximum atomic E-state index is 11.3. The van der Waals surface area contributed by atoms with Crippen LogP contribution in [0.25, 0.3) is 0 Å². The molecule has 1 fully saturated rings. The van der Waals surface area contributed by atoms with Crippen LogP contribution < -0.4 is 0 Å². The Labute approximate surface area is 104 Å². The molecule has 3 nitrogen and oxygen atoms in total. The number of hydrogen-bond donors (Lipinski definition) is 2. The average Bonchev–Trinajstić information content (AvgIpc) is 2.43. The molecule has 0 aliphatic heterocycles. The van der Waals surface area contributed by atoms with Gasteiger partial charge in [-0.15, -0.1) is 0 Å². The van der Waals surface area contributed by atoms with Gasteiger partial charge in [0.05, 0.1) is 11.0 Å². The Morgan fingerprint density at radius 2 is 2.00 bits per heavy atom. The van der Waals surface area contributed by atoms with E-state index in [9.17, 15) is 15.0 Å². The lowest BCUT2D eigenvalue weighted by Gasteiger charge is -2.39. The fourth-order valence-electron chi connectivity index (χ4n) is 2.92. The first kappa shape index (κ1) is 14.5. The SMILES string of the molecule is CCCC1CCCC(O)(C(C)(C)C(=O)O)CC1. The number of aliphatic carboxylic acids is 1. The molecule has 0 aromatic rings. The molecule has 0 saturated heterocycles. The zero-order chi connectivity index (χ0) is 13.1. The molecule has 100 valence electrons. The predicted molar refractivity (Wildman–Crippen MR) is 67.8 cm³/mol. The third-order valence-corrected chi connectivity index (χ3v) is 4.56. The Bertz CT molecular complexity index is 273. The van der Waals surface area contributed by atoms with Gasteiger partial charge in [-0.1, -0.05) is 32.6 Å². The molecule has 2 atom stereocenters. The second kappa shape index (κ2) is 5.38. The molecule has 1 aliphatic rings. The maximum Gasteiger partial charge on any atom is 0.312 e. The Hall–Kier alpha value is -0.570. The van der Waals surface area contributed by atoms with Crippen LogP contribution in [0.5, 0.6) is 0 Å². The normalized spacial score (nSPS) is 30.9. The molecule has 17 heavy (non-hydrogen) atoms. The molecule has 2 unspecified atom stereocenters. The van der Waals surface area contributed by atoms with E-state index in [1.807, 2.05) is 0 Å². The van der Waals surface area contributed by atoms with Crippen LogP contribution in [0.1, 0.15) is 65.7 Å². The van der Waals surface area contributed by atoms with Gasteiger partial charge in [-0.25, -0.2) is 0 Å². The molecule has 0 amide bonds. The van der Waals surface area contributed by atoms with Crippen LogP contribution in [-0.2, 0) is 4.79 Å². The van der Waals surface area contributed by atoms with E-state index in [2.05, 4.69) is 6.92 Å². The largest absolute Gasteiger partial charge is 0.481 e. The van der Waals surface area contributed by atoms with Crippen LogP contribution in [0.3, 0.4) is 0 Å². The number of aliphatic hydroxyl groups is 1. The molecular formula is C14H26O3. The number of rotatable bonds is 4. The molecule has 2 N–H and O–H groups in total. The molecular weight excluding hydrogens is 216 g/mol. The van der Waals surface area contributed by atoms with Gasteiger partial charge in [0.25, 0.3) is 0 Å². The summed E-state index contributed by atoms with van der Waals surface area (Å²) in [7, 11) is 0. The molecule has 0 aromatic heterocycles. The standard InChI is InChI=1S/C14H26O3/c1-4-6-11-7-5-9-14(17,10-8-11)13(2,3)12(15)16/h11,17H,4-10H2,1-3H3,(H,15,16). The fourth-order valence-corrected chi connectivity index (χ4v) is 2.92. The van der Waals surface area contributed by atoms with Crippen molar-refractivity contribution in [1.82, 2.24) is 0 Å². The highest BCUT2D eigenvalue weighted by molar-refractivity contribution is 5.75.